The van der Waals surface area contributed by atoms with Gasteiger partial charge in [0.15, 0.2) is 0 Å². The Morgan fingerprint density at radius 3 is 2.38 bits per heavy atom. The number of para-hydroxylation sites is 1. The highest BCUT2D eigenvalue weighted by Crippen LogP contribution is 2.25. The summed E-state index contributed by atoms with van der Waals surface area (Å²) in [5.74, 6) is -0.898. The van der Waals surface area contributed by atoms with Gasteiger partial charge in [-0.15, -0.1) is 0 Å². The Hall–Kier alpha value is -3.01. The maximum atomic E-state index is 13.0. The van der Waals surface area contributed by atoms with Gasteiger partial charge in [0.2, 0.25) is 0 Å². The van der Waals surface area contributed by atoms with Crippen LogP contribution in [-0.2, 0) is 4.74 Å². The zero-order valence-electron chi connectivity index (χ0n) is 19.6. The smallest absolute Gasteiger partial charge is 0.270 e. The molecule has 1 aliphatic rings. The average molecular weight is 489 g/mol. The van der Waals surface area contributed by atoms with Gasteiger partial charge in [0.05, 0.1) is 39.0 Å². The number of nitro groups is 1. The van der Waals surface area contributed by atoms with Gasteiger partial charge in [-0.05, 0) is 45.9 Å². The lowest BCUT2D eigenvalue weighted by Crippen LogP contribution is -2.58. The summed E-state index contributed by atoms with van der Waals surface area (Å²) in [6, 6.07) is 10.2. The van der Waals surface area contributed by atoms with Crippen LogP contribution in [0.3, 0.4) is 0 Å². The zero-order chi connectivity index (χ0) is 25.0. The van der Waals surface area contributed by atoms with Crippen LogP contribution in [0, 0.1) is 10.1 Å². The highest BCUT2D eigenvalue weighted by Gasteiger charge is 2.33. The van der Waals surface area contributed by atoms with Gasteiger partial charge in [0, 0.05) is 37.3 Å². The lowest BCUT2D eigenvalue weighted by molar-refractivity contribution is -0.384. The second-order valence-electron chi connectivity index (χ2n) is 9.08. The van der Waals surface area contributed by atoms with Crippen LogP contribution < -0.4 is 10.6 Å². The number of nitrogens with zero attached hydrogens (tertiary/aromatic N) is 2. The SMILES string of the molecule is CC1CN(C(C)(C)CNC(=O)c2ccccc2NC(=O)c2ccc([N+](=O)[O-])cc2Cl)CC(C)O1. The first-order valence-corrected chi connectivity index (χ1v) is 11.4. The van der Waals surface area contributed by atoms with E-state index in [0.29, 0.717) is 17.8 Å². The van der Waals surface area contributed by atoms with E-state index in [2.05, 4.69) is 29.4 Å². The molecule has 0 aromatic heterocycles. The molecule has 0 bridgehead atoms. The van der Waals surface area contributed by atoms with Crippen molar-refractivity contribution in [1.29, 1.82) is 0 Å². The number of carbonyl (C=O) groups is 2. The number of halogens is 1. The fourth-order valence-electron chi connectivity index (χ4n) is 3.96. The van der Waals surface area contributed by atoms with E-state index in [4.69, 9.17) is 16.3 Å². The summed E-state index contributed by atoms with van der Waals surface area (Å²) in [6.45, 7) is 10.2. The van der Waals surface area contributed by atoms with Crippen LogP contribution in [0.4, 0.5) is 11.4 Å². The molecule has 0 aliphatic carbocycles. The number of rotatable bonds is 7. The van der Waals surface area contributed by atoms with Crippen LogP contribution in [-0.4, -0.2) is 59.0 Å². The van der Waals surface area contributed by atoms with Gasteiger partial charge in [-0.25, -0.2) is 0 Å². The minimum absolute atomic E-state index is 0.0515. The third-order valence-electron chi connectivity index (χ3n) is 5.79. The highest BCUT2D eigenvalue weighted by atomic mass is 35.5. The molecule has 1 saturated heterocycles. The Balaban J connectivity index is 1.70. The molecule has 2 N–H and O–H groups in total. The summed E-state index contributed by atoms with van der Waals surface area (Å²) in [4.78, 5) is 38.4. The summed E-state index contributed by atoms with van der Waals surface area (Å²) < 4.78 is 5.81. The fourth-order valence-corrected chi connectivity index (χ4v) is 4.22. The van der Waals surface area contributed by atoms with E-state index in [1.165, 1.54) is 12.1 Å². The number of amides is 2. The largest absolute Gasteiger partial charge is 0.373 e. The average Bonchev–Trinajstić information content (AvgIpc) is 2.77. The van der Waals surface area contributed by atoms with E-state index in [1.54, 1.807) is 24.3 Å². The first kappa shape index (κ1) is 25.6. The van der Waals surface area contributed by atoms with Crippen molar-refractivity contribution in [1.82, 2.24) is 10.2 Å². The van der Waals surface area contributed by atoms with Gasteiger partial charge >= 0.3 is 0 Å². The summed E-state index contributed by atoms with van der Waals surface area (Å²) in [7, 11) is 0. The molecule has 2 amide bonds. The maximum absolute atomic E-state index is 13.0. The minimum atomic E-state index is -0.590. The maximum Gasteiger partial charge on any atom is 0.270 e. The van der Waals surface area contributed by atoms with E-state index < -0.39 is 10.8 Å². The molecule has 182 valence electrons. The van der Waals surface area contributed by atoms with Crippen LogP contribution in [0.1, 0.15) is 48.4 Å². The number of morpholine rings is 1. The van der Waals surface area contributed by atoms with Gasteiger partial charge in [0.25, 0.3) is 17.5 Å². The first-order valence-electron chi connectivity index (χ1n) is 11.0. The highest BCUT2D eigenvalue weighted by molar-refractivity contribution is 6.34. The lowest BCUT2D eigenvalue weighted by Gasteiger charge is -2.45. The predicted octanol–water partition coefficient (Wildman–Crippen LogP) is 4.12. The van der Waals surface area contributed by atoms with Crippen molar-refractivity contribution in [3.05, 3.63) is 68.7 Å². The van der Waals surface area contributed by atoms with Crippen molar-refractivity contribution in [3.63, 3.8) is 0 Å². The van der Waals surface area contributed by atoms with Crippen molar-refractivity contribution < 1.29 is 19.2 Å². The van der Waals surface area contributed by atoms with Gasteiger partial charge < -0.3 is 15.4 Å². The second-order valence-corrected chi connectivity index (χ2v) is 9.49. The predicted molar refractivity (Wildman–Crippen MR) is 130 cm³/mol. The summed E-state index contributed by atoms with van der Waals surface area (Å²) in [6.07, 6.45) is 0.224. The van der Waals surface area contributed by atoms with Crippen molar-refractivity contribution in [2.75, 3.05) is 25.0 Å². The number of nitrogens with one attached hydrogen (secondary N) is 2. The number of hydrogen-bond acceptors (Lipinski definition) is 6. The van der Waals surface area contributed by atoms with E-state index in [1.807, 2.05) is 13.8 Å². The van der Waals surface area contributed by atoms with Gasteiger partial charge in [0.1, 0.15) is 0 Å². The molecule has 0 spiro atoms. The van der Waals surface area contributed by atoms with Crippen molar-refractivity contribution in [2.45, 2.75) is 45.4 Å². The molecule has 2 aromatic rings. The Morgan fingerprint density at radius 1 is 1.12 bits per heavy atom. The van der Waals surface area contributed by atoms with Crippen molar-refractivity contribution >= 4 is 34.8 Å². The molecule has 2 unspecified atom stereocenters. The topological polar surface area (TPSA) is 114 Å². The molecule has 1 heterocycles. The molecule has 2 aromatic carbocycles. The van der Waals surface area contributed by atoms with E-state index in [0.717, 1.165) is 19.2 Å². The Bertz CT molecular complexity index is 1080. The van der Waals surface area contributed by atoms with E-state index in [-0.39, 0.29) is 39.9 Å². The third kappa shape index (κ3) is 6.11. The van der Waals surface area contributed by atoms with Gasteiger partial charge in [-0.2, -0.15) is 0 Å². The fraction of sp³-hybridized carbons (Fsp3) is 0.417. The first-order chi connectivity index (χ1) is 16.0. The van der Waals surface area contributed by atoms with Crippen LogP contribution in [0.5, 0.6) is 0 Å². The number of nitro benzene ring substituents is 1. The molecule has 3 rings (SSSR count). The summed E-state index contributed by atoms with van der Waals surface area (Å²) >= 11 is 6.07. The Labute approximate surface area is 203 Å². The second kappa shape index (κ2) is 10.5. The van der Waals surface area contributed by atoms with Crippen LogP contribution in [0.25, 0.3) is 0 Å². The molecular formula is C24H29ClN4O5. The summed E-state index contributed by atoms with van der Waals surface area (Å²) in [5.41, 5.74) is 0.165. The standard InChI is InChI=1S/C24H29ClN4O5/c1-15-12-28(13-16(2)34-15)24(3,4)14-26-22(30)19-7-5-6-8-21(19)27-23(31)18-10-9-17(29(32)33)11-20(18)25/h5-11,15-16H,12-14H2,1-4H3,(H,26,30)(H,27,31). The molecule has 0 saturated carbocycles. The number of anilines is 1. The quantitative estimate of drug-likeness (QED) is 0.447. The molecule has 9 nitrogen and oxygen atoms in total. The molecule has 34 heavy (non-hydrogen) atoms. The van der Waals surface area contributed by atoms with Crippen LogP contribution >= 0.6 is 11.6 Å². The molecule has 2 atom stereocenters. The number of hydrogen-bond donors (Lipinski definition) is 2. The summed E-state index contributed by atoms with van der Waals surface area (Å²) in [5, 5.41) is 16.5. The lowest BCUT2D eigenvalue weighted by atomic mass is 9.99. The van der Waals surface area contributed by atoms with Crippen LogP contribution in [0.2, 0.25) is 5.02 Å². The van der Waals surface area contributed by atoms with Crippen molar-refractivity contribution in [3.8, 4) is 0 Å². The van der Waals surface area contributed by atoms with Crippen molar-refractivity contribution in [2.24, 2.45) is 0 Å². The molecule has 10 heteroatoms. The van der Waals surface area contributed by atoms with E-state index in [9.17, 15) is 19.7 Å². The molecular weight excluding hydrogens is 460 g/mol. The number of ether oxygens (including phenoxy) is 1. The number of non-ortho nitro benzene ring substituents is 1. The van der Waals surface area contributed by atoms with Gasteiger partial charge in [-0.3, -0.25) is 24.6 Å². The number of carbonyl (C=O) groups excluding carboxylic acids is 2. The Kier molecular flexibility index (Phi) is 7.91. The molecule has 1 fully saturated rings. The minimum Gasteiger partial charge on any atom is -0.373 e. The molecule has 0 radical (unpaired) electrons. The van der Waals surface area contributed by atoms with Gasteiger partial charge in [-0.1, -0.05) is 23.7 Å². The zero-order valence-corrected chi connectivity index (χ0v) is 20.4. The normalized spacial score (nSPS) is 18.9. The van der Waals surface area contributed by atoms with Crippen LogP contribution in [0.15, 0.2) is 42.5 Å². The monoisotopic (exact) mass is 488 g/mol. The van der Waals surface area contributed by atoms with E-state index >= 15 is 0 Å². The third-order valence-corrected chi connectivity index (χ3v) is 6.10. The molecule has 1 aliphatic heterocycles. The number of benzene rings is 2. The Morgan fingerprint density at radius 2 is 1.76 bits per heavy atom.